The standard InChI is InChI=1S/C15H21N3/c1-12(2)17-9-5-6-13(10-17)14-11-18-8-4-3-7-15(18)16-14/h3-4,7-8,11-13H,5-6,9-10H2,1-2H3. The Kier molecular flexibility index (Phi) is 3.08. The molecule has 96 valence electrons. The lowest BCUT2D eigenvalue weighted by Gasteiger charge is -2.34. The van der Waals surface area contributed by atoms with E-state index in [4.69, 9.17) is 4.98 Å². The van der Waals surface area contributed by atoms with Gasteiger partial charge in [0.1, 0.15) is 5.65 Å². The number of hydrogen-bond donors (Lipinski definition) is 0. The molecule has 1 atom stereocenters. The molecular weight excluding hydrogens is 222 g/mol. The summed E-state index contributed by atoms with van der Waals surface area (Å²) in [6.07, 6.45) is 6.84. The van der Waals surface area contributed by atoms with Crippen molar-refractivity contribution in [1.29, 1.82) is 0 Å². The van der Waals surface area contributed by atoms with Crippen molar-refractivity contribution in [3.63, 3.8) is 0 Å². The van der Waals surface area contributed by atoms with E-state index in [0.717, 1.165) is 12.2 Å². The van der Waals surface area contributed by atoms with E-state index < -0.39 is 0 Å². The van der Waals surface area contributed by atoms with Crippen LogP contribution in [0.2, 0.25) is 0 Å². The summed E-state index contributed by atoms with van der Waals surface area (Å²) < 4.78 is 2.13. The Bertz CT molecular complexity index is 496. The van der Waals surface area contributed by atoms with Crippen molar-refractivity contribution < 1.29 is 0 Å². The molecule has 3 heterocycles. The summed E-state index contributed by atoms with van der Waals surface area (Å²) in [5, 5.41) is 0. The number of nitrogens with zero attached hydrogens (tertiary/aromatic N) is 3. The van der Waals surface area contributed by atoms with Gasteiger partial charge in [-0.25, -0.2) is 4.98 Å². The molecule has 2 aromatic rings. The first kappa shape index (κ1) is 11.7. The van der Waals surface area contributed by atoms with Crippen molar-refractivity contribution in [2.45, 2.75) is 38.6 Å². The first-order valence-electron chi connectivity index (χ1n) is 6.92. The van der Waals surface area contributed by atoms with E-state index in [1.807, 2.05) is 6.07 Å². The van der Waals surface area contributed by atoms with E-state index in [9.17, 15) is 0 Å². The summed E-state index contributed by atoms with van der Waals surface area (Å²) >= 11 is 0. The van der Waals surface area contributed by atoms with E-state index in [0.29, 0.717) is 12.0 Å². The lowest BCUT2D eigenvalue weighted by molar-refractivity contribution is 0.166. The molecule has 1 fully saturated rings. The van der Waals surface area contributed by atoms with Crippen LogP contribution in [0.1, 0.15) is 38.3 Å². The van der Waals surface area contributed by atoms with Gasteiger partial charge < -0.3 is 9.30 Å². The molecular formula is C15H21N3. The topological polar surface area (TPSA) is 20.5 Å². The van der Waals surface area contributed by atoms with Gasteiger partial charge in [0.05, 0.1) is 5.69 Å². The van der Waals surface area contributed by atoms with Gasteiger partial charge in [-0.15, -0.1) is 0 Å². The van der Waals surface area contributed by atoms with E-state index in [1.54, 1.807) is 0 Å². The maximum atomic E-state index is 4.77. The average molecular weight is 243 g/mol. The predicted molar refractivity (Wildman–Crippen MR) is 73.9 cm³/mol. The van der Waals surface area contributed by atoms with Crippen molar-refractivity contribution in [2.24, 2.45) is 0 Å². The van der Waals surface area contributed by atoms with Gasteiger partial charge in [-0.2, -0.15) is 0 Å². The number of fused-ring (bicyclic) bond motifs is 1. The van der Waals surface area contributed by atoms with Gasteiger partial charge in [0.25, 0.3) is 0 Å². The molecule has 3 heteroatoms. The summed E-state index contributed by atoms with van der Waals surface area (Å²) in [4.78, 5) is 7.33. The zero-order chi connectivity index (χ0) is 12.5. The van der Waals surface area contributed by atoms with Gasteiger partial charge >= 0.3 is 0 Å². The fraction of sp³-hybridized carbons (Fsp3) is 0.533. The Labute approximate surface area is 108 Å². The fourth-order valence-corrected chi connectivity index (χ4v) is 2.87. The molecule has 1 saturated heterocycles. The van der Waals surface area contributed by atoms with Crippen molar-refractivity contribution in [1.82, 2.24) is 14.3 Å². The monoisotopic (exact) mass is 243 g/mol. The minimum absolute atomic E-state index is 0.598. The summed E-state index contributed by atoms with van der Waals surface area (Å²) in [6, 6.07) is 6.82. The normalized spacial score (nSPS) is 21.8. The van der Waals surface area contributed by atoms with Crippen molar-refractivity contribution in [2.75, 3.05) is 13.1 Å². The molecule has 0 aliphatic carbocycles. The minimum Gasteiger partial charge on any atom is -0.307 e. The second-order valence-electron chi connectivity index (χ2n) is 5.56. The molecule has 1 aliphatic heterocycles. The second-order valence-corrected chi connectivity index (χ2v) is 5.56. The Morgan fingerprint density at radius 2 is 2.22 bits per heavy atom. The number of imidazole rings is 1. The van der Waals surface area contributed by atoms with Gasteiger partial charge in [-0.1, -0.05) is 6.07 Å². The van der Waals surface area contributed by atoms with E-state index >= 15 is 0 Å². The number of likely N-dealkylation sites (tertiary alicyclic amines) is 1. The molecule has 2 aromatic heterocycles. The minimum atomic E-state index is 0.598. The van der Waals surface area contributed by atoms with Crippen LogP contribution in [-0.2, 0) is 0 Å². The van der Waals surface area contributed by atoms with Crippen molar-refractivity contribution in [3.05, 3.63) is 36.3 Å². The van der Waals surface area contributed by atoms with E-state index in [-0.39, 0.29) is 0 Å². The van der Waals surface area contributed by atoms with Crippen LogP contribution in [-0.4, -0.2) is 33.4 Å². The summed E-state index contributed by atoms with van der Waals surface area (Å²) in [5.74, 6) is 0.598. The Balaban J connectivity index is 1.85. The van der Waals surface area contributed by atoms with E-state index in [1.165, 1.54) is 25.1 Å². The molecule has 3 rings (SSSR count). The third-order valence-corrected chi connectivity index (χ3v) is 3.98. The maximum Gasteiger partial charge on any atom is 0.136 e. The Hall–Kier alpha value is -1.35. The van der Waals surface area contributed by atoms with Gasteiger partial charge in [0.2, 0.25) is 0 Å². The van der Waals surface area contributed by atoms with Crippen LogP contribution in [0.3, 0.4) is 0 Å². The molecule has 0 spiro atoms. The molecule has 3 nitrogen and oxygen atoms in total. The van der Waals surface area contributed by atoms with Crippen LogP contribution < -0.4 is 0 Å². The molecule has 1 aliphatic rings. The molecule has 0 saturated carbocycles. The zero-order valence-corrected chi connectivity index (χ0v) is 11.2. The largest absolute Gasteiger partial charge is 0.307 e. The fourth-order valence-electron chi connectivity index (χ4n) is 2.87. The number of piperidine rings is 1. The van der Waals surface area contributed by atoms with Crippen molar-refractivity contribution in [3.8, 4) is 0 Å². The molecule has 0 N–H and O–H groups in total. The van der Waals surface area contributed by atoms with Crippen LogP contribution >= 0.6 is 0 Å². The predicted octanol–water partition coefficient (Wildman–Crippen LogP) is 2.92. The van der Waals surface area contributed by atoms with Crippen LogP contribution in [0.5, 0.6) is 0 Å². The molecule has 18 heavy (non-hydrogen) atoms. The highest BCUT2D eigenvalue weighted by atomic mass is 15.2. The summed E-state index contributed by atoms with van der Waals surface area (Å²) in [7, 11) is 0. The highest BCUT2D eigenvalue weighted by Gasteiger charge is 2.24. The van der Waals surface area contributed by atoms with Gasteiger partial charge in [0.15, 0.2) is 0 Å². The van der Waals surface area contributed by atoms with E-state index in [2.05, 4.69) is 47.7 Å². The highest BCUT2D eigenvalue weighted by Crippen LogP contribution is 2.27. The first-order valence-corrected chi connectivity index (χ1v) is 6.92. The van der Waals surface area contributed by atoms with Gasteiger partial charge in [-0.05, 0) is 45.4 Å². The number of aromatic nitrogens is 2. The van der Waals surface area contributed by atoms with Crippen LogP contribution in [0.4, 0.5) is 0 Å². The highest BCUT2D eigenvalue weighted by molar-refractivity contribution is 5.40. The lowest BCUT2D eigenvalue weighted by atomic mass is 9.94. The van der Waals surface area contributed by atoms with Gasteiger partial charge in [-0.3, -0.25) is 0 Å². The molecule has 1 unspecified atom stereocenters. The third-order valence-electron chi connectivity index (χ3n) is 3.98. The average Bonchev–Trinajstić information content (AvgIpc) is 2.82. The Morgan fingerprint density at radius 3 is 3.00 bits per heavy atom. The number of hydrogen-bond acceptors (Lipinski definition) is 2. The summed E-state index contributed by atoms with van der Waals surface area (Å²) in [6.45, 7) is 6.96. The van der Waals surface area contributed by atoms with Crippen LogP contribution in [0.15, 0.2) is 30.6 Å². The van der Waals surface area contributed by atoms with Gasteiger partial charge in [0, 0.05) is 30.9 Å². The van der Waals surface area contributed by atoms with Crippen LogP contribution in [0.25, 0.3) is 5.65 Å². The number of rotatable bonds is 2. The van der Waals surface area contributed by atoms with Crippen molar-refractivity contribution >= 4 is 5.65 Å². The second kappa shape index (κ2) is 4.73. The molecule has 0 radical (unpaired) electrons. The summed E-state index contributed by atoms with van der Waals surface area (Å²) in [5.41, 5.74) is 2.32. The smallest absolute Gasteiger partial charge is 0.136 e. The Morgan fingerprint density at radius 1 is 1.33 bits per heavy atom. The maximum absolute atomic E-state index is 4.77. The number of pyridine rings is 1. The molecule has 0 bridgehead atoms. The zero-order valence-electron chi connectivity index (χ0n) is 11.2. The quantitative estimate of drug-likeness (QED) is 0.808. The third kappa shape index (κ3) is 2.15. The lowest BCUT2D eigenvalue weighted by Crippen LogP contribution is -2.39. The van der Waals surface area contributed by atoms with Crippen LogP contribution in [0, 0.1) is 0 Å². The molecule has 0 amide bonds. The molecule has 0 aromatic carbocycles. The SMILES string of the molecule is CC(C)N1CCCC(c2cn3ccccc3n2)C1. The first-order chi connectivity index (χ1) is 8.74.